The first kappa shape index (κ1) is 13.4. The van der Waals surface area contributed by atoms with Gasteiger partial charge in [-0.25, -0.2) is 4.79 Å². The summed E-state index contributed by atoms with van der Waals surface area (Å²) in [5.41, 5.74) is -0.770. The van der Waals surface area contributed by atoms with Gasteiger partial charge in [-0.05, 0) is 19.8 Å². The molecule has 94 valence electrons. The standard InChI is InChI=1S/C12H18N2O3/c1-2-3-8-13-11(17)14-9-12(10(15)16)6-4-5-7-12/h4-9H2,1H3,(H,15,16)(H2,13,14,17). The third-order valence-electron chi connectivity index (χ3n) is 3.12. The van der Waals surface area contributed by atoms with Crippen molar-refractivity contribution in [1.29, 1.82) is 0 Å². The predicted octanol–water partition coefficient (Wildman–Crippen LogP) is 0.954. The number of amides is 2. The van der Waals surface area contributed by atoms with Gasteiger partial charge in [0.05, 0.1) is 12.0 Å². The van der Waals surface area contributed by atoms with Crippen molar-refractivity contribution in [3.63, 3.8) is 0 Å². The quantitative estimate of drug-likeness (QED) is 0.638. The number of urea groups is 1. The van der Waals surface area contributed by atoms with Gasteiger partial charge in [-0.3, -0.25) is 4.79 Å². The molecule has 0 saturated heterocycles. The van der Waals surface area contributed by atoms with E-state index in [0.717, 1.165) is 12.8 Å². The van der Waals surface area contributed by atoms with Crippen LogP contribution < -0.4 is 10.6 Å². The summed E-state index contributed by atoms with van der Waals surface area (Å²) in [6, 6.07) is -0.361. The fourth-order valence-electron chi connectivity index (χ4n) is 2.04. The Morgan fingerprint density at radius 2 is 1.94 bits per heavy atom. The summed E-state index contributed by atoms with van der Waals surface area (Å²) in [4.78, 5) is 22.6. The normalized spacial score (nSPS) is 16.8. The third-order valence-corrected chi connectivity index (χ3v) is 3.12. The summed E-state index contributed by atoms with van der Waals surface area (Å²) in [7, 11) is 0. The highest BCUT2D eigenvalue weighted by Crippen LogP contribution is 2.37. The molecule has 0 aliphatic heterocycles. The minimum absolute atomic E-state index is 0.188. The molecule has 2 amide bonds. The first-order valence-corrected chi connectivity index (χ1v) is 5.75. The van der Waals surface area contributed by atoms with Crippen LogP contribution in [0.1, 0.15) is 32.6 Å². The summed E-state index contributed by atoms with van der Waals surface area (Å²) in [6.07, 6.45) is 3.10. The second-order valence-corrected chi connectivity index (χ2v) is 4.26. The lowest BCUT2D eigenvalue weighted by Crippen LogP contribution is -2.45. The van der Waals surface area contributed by atoms with Gasteiger partial charge in [0.1, 0.15) is 0 Å². The van der Waals surface area contributed by atoms with Gasteiger partial charge in [0, 0.05) is 6.54 Å². The first-order valence-electron chi connectivity index (χ1n) is 5.75. The van der Waals surface area contributed by atoms with Crippen molar-refractivity contribution in [2.45, 2.75) is 32.6 Å². The highest BCUT2D eigenvalue weighted by Gasteiger charge is 2.41. The van der Waals surface area contributed by atoms with Crippen LogP contribution in [0.25, 0.3) is 0 Å². The number of hydrogen-bond donors (Lipinski definition) is 3. The Kier molecular flexibility index (Phi) is 4.83. The molecular formula is C12H18N2O3. The molecule has 0 aromatic carbocycles. The summed E-state index contributed by atoms with van der Waals surface area (Å²) in [5, 5.41) is 14.4. The number of carboxylic acids is 1. The molecule has 0 atom stereocenters. The molecular weight excluding hydrogens is 220 g/mol. The minimum Gasteiger partial charge on any atom is -0.481 e. The summed E-state index contributed by atoms with van der Waals surface area (Å²) < 4.78 is 0. The van der Waals surface area contributed by atoms with E-state index in [2.05, 4.69) is 22.5 Å². The van der Waals surface area contributed by atoms with E-state index in [1.54, 1.807) is 6.92 Å². The lowest BCUT2D eigenvalue weighted by atomic mass is 9.86. The Labute approximate surface area is 101 Å². The Morgan fingerprint density at radius 1 is 1.29 bits per heavy atom. The molecule has 1 saturated carbocycles. The highest BCUT2D eigenvalue weighted by molar-refractivity contribution is 5.78. The van der Waals surface area contributed by atoms with Crippen LogP contribution in [0.3, 0.4) is 0 Å². The maximum Gasteiger partial charge on any atom is 0.315 e. The molecule has 0 aromatic rings. The van der Waals surface area contributed by atoms with E-state index in [4.69, 9.17) is 0 Å². The van der Waals surface area contributed by atoms with Crippen molar-refractivity contribution in [1.82, 2.24) is 10.6 Å². The van der Waals surface area contributed by atoms with Gasteiger partial charge in [0.15, 0.2) is 0 Å². The van der Waals surface area contributed by atoms with E-state index in [0.29, 0.717) is 12.8 Å². The van der Waals surface area contributed by atoms with Crippen LogP contribution >= 0.6 is 0 Å². The van der Waals surface area contributed by atoms with Crippen LogP contribution in [0.4, 0.5) is 4.79 Å². The topological polar surface area (TPSA) is 78.4 Å². The van der Waals surface area contributed by atoms with Crippen LogP contribution in [0.2, 0.25) is 0 Å². The van der Waals surface area contributed by atoms with Gasteiger partial charge < -0.3 is 15.7 Å². The maximum absolute atomic E-state index is 11.4. The van der Waals surface area contributed by atoms with Crippen molar-refractivity contribution >= 4 is 12.0 Å². The van der Waals surface area contributed by atoms with Gasteiger partial charge in [-0.2, -0.15) is 0 Å². The van der Waals surface area contributed by atoms with E-state index in [1.807, 2.05) is 0 Å². The molecule has 1 rings (SSSR count). The van der Waals surface area contributed by atoms with Gasteiger partial charge in [-0.1, -0.05) is 18.8 Å². The smallest absolute Gasteiger partial charge is 0.315 e. The number of carbonyl (C=O) groups is 2. The first-order chi connectivity index (χ1) is 8.10. The molecule has 3 N–H and O–H groups in total. The van der Waals surface area contributed by atoms with Crippen LogP contribution in [0.5, 0.6) is 0 Å². The Hall–Kier alpha value is -1.70. The van der Waals surface area contributed by atoms with Crippen LogP contribution in [-0.2, 0) is 4.79 Å². The molecule has 17 heavy (non-hydrogen) atoms. The molecule has 0 radical (unpaired) electrons. The zero-order valence-corrected chi connectivity index (χ0v) is 10.0. The predicted molar refractivity (Wildman–Crippen MR) is 63.4 cm³/mol. The zero-order chi connectivity index (χ0) is 12.7. The molecule has 0 spiro atoms. The Bertz CT molecular complexity index is 348. The van der Waals surface area contributed by atoms with E-state index in [-0.39, 0.29) is 19.1 Å². The van der Waals surface area contributed by atoms with E-state index >= 15 is 0 Å². The van der Waals surface area contributed by atoms with Crippen molar-refractivity contribution < 1.29 is 14.7 Å². The number of carbonyl (C=O) groups excluding carboxylic acids is 1. The zero-order valence-electron chi connectivity index (χ0n) is 10.0. The van der Waals surface area contributed by atoms with Crippen LogP contribution in [0.15, 0.2) is 0 Å². The number of carboxylic acid groups (broad SMARTS) is 1. The largest absolute Gasteiger partial charge is 0.481 e. The van der Waals surface area contributed by atoms with Crippen LogP contribution in [0, 0.1) is 17.3 Å². The number of rotatable bonds is 4. The van der Waals surface area contributed by atoms with E-state index in [9.17, 15) is 14.7 Å². The summed E-state index contributed by atoms with van der Waals surface area (Å²) in [6.45, 7) is 2.16. The monoisotopic (exact) mass is 238 g/mol. The van der Waals surface area contributed by atoms with Crippen molar-refractivity contribution in [2.24, 2.45) is 5.41 Å². The van der Waals surface area contributed by atoms with Crippen molar-refractivity contribution in [2.75, 3.05) is 13.1 Å². The van der Waals surface area contributed by atoms with E-state index in [1.165, 1.54) is 0 Å². The molecule has 0 heterocycles. The Morgan fingerprint density at radius 3 is 2.47 bits per heavy atom. The minimum atomic E-state index is -0.816. The molecule has 0 bridgehead atoms. The highest BCUT2D eigenvalue weighted by atomic mass is 16.4. The molecule has 5 heteroatoms. The van der Waals surface area contributed by atoms with E-state index < -0.39 is 11.4 Å². The van der Waals surface area contributed by atoms with Gasteiger partial charge >= 0.3 is 12.0 Å². The average Bonchev–Trinajstić information content (AvgIpc) is 2.77. The fraction of sp³-hybridized carbons (Fsp3) is 0.667. The van der Waals surface area contributed by atoms with Crippen molar-refractivity contribution in [3.8, 4) is 11.8 Å². The molecule has 0 unspecified atom stereocenters. The molecule has 1 aliphatic rings. The SMILES string of the molecule is CC#CCNC(=O)NCC1(C(=O)O)CCCC1. The third kappa shape index (κ3) is 3.66. The summed E-state index contributed by atoms with van der Waals surface area (Å²) in [5.74, 6) is 4.54. The number of nitrogens with one attached hydrogen (secondary N) is 2. The van der Waals surface area contributed by atoms with Crippen LogP contribution in [-0.4, -0.2) is 30.2 Å². The van der Waals surface area contributed by atoms with Crippen molar-refractivity contribution in [3.05, 3.63) is 0 Å². The maximum atomic E-state index is 11.4. The second kappa shape index (κ2) is 6.14. The fourth-order valence-corrected chi connectivity index (χ4v) is 2.04. The van der Waals surface area contributed by atoms with Gasteiger partial charge in [0.25, 0.3) is 0 Å². The molecule has 1 fully saturated rings. The average molecular weight is 238 g/mol. The van der Waals surface area contributed by atoms with Gasteiger partial charge in [0.2, 0.25) is 0 Å². The summed E-state index contributed by atoms with van der Waals surface area (Å²) >= 11 is 0. The number of aliphatic carboxylic acids is 1. The second-order valence-electron chi connectivity index (χ2n) is 4.26. The number of hydrogen-bond acceptors (Lipinski definition) is 2. The lowest BCUT2D eigenvalue weighted by Gasteiger charge is -2.23. The molecule has 1 aliphatic carbocycles. The lowest BCUT2D eigenvalue weighted by molar-refractivity contribution is -0.148. The molecule has 0 aromatic heterocycles. The van der Waals surface area contributed by atoms with Gasteiger partial charge in [-0.15, -0.1) is 5.92 Å². The molecule has 5 nitrogen and oxygen atoms in total. The Balaban J connectivity index is 2.39.